The summed E-state index contributed by atoms with van der Waals surface area (Å²) in [5, 5.41) is 9.37. The smallest absolute Gasteiger partial charge is 0.340 e. The fourth-order valence-electron chi connectivity index (χ4n) is 5.97. The maximum atomic E-state index is 13.1. The molecule has 0 atom stereocenters. The van der Waals surface area contributed by atoms with E-state index in [4.69, 9.17) is 21.6 Å². The summed E-state index contributed by atoms with van der Waals surface area (Å²) in [7, 11) is 0. The maximum Gasteiger partial charge on any atom is 0.340 e. The van der Waals surface area contributed by atoms with Gasteiger partial charge in [-0.3, -0.25) is 4.79 Å². The van der Waals surface area contributed by atoms with Gasteiger partial charge in [-0.15, -0.1) is 0 Å². The summed E-state index contributed by atoms with van der Waals surface area (Å²) >= 11 is 5.73. The van der Waals surface area contributed by atoms with E-state index in [1.165, 1.54) is 37.6 Å². The lowest BCUT2D eigenvalue weighted by atomic mass is 9.52. The van der Waals surface area contributed by atoms with Gasteiger partial charge < -0.3 is 9.64 Å². The number of ether oxygens (including phenoxy) is 1. The van der Waals surface area contributed by atoms with Crippen LogP contribution in [0.1, 0.15) is 55.3 Å². The van der Waals surface area contributed by atoms with Crippen LogP contribution in [0.4, 0.5) is 0 Å². The summed E-state index contributed by atoms with van der Waals surface area (Å²) in [6.07, 6.45) is 8.51. The van der Waals surface area contributed by atoms with Gasteiger partial charge in [0.25, 0.3) is 5.91 Å². The Morgan fingerprint density at radius 3 is 2.39 bits per heavy atom. The number of amides is 1. The Kier molecular flexibility index (Phi) is 5.29. The third-order valence-corrected chi connectivity index (χ3v) is 6.84. The van der Waals surface area contributed by atoms with E-state index in [9.17, 15) is 9.59 Å². The molecule has 0 aliphatic heterocycles. The second-order valence-corrected chi connectivity index (χ2v) is 8.93. The Balaban J connectivity index is 1.45. The summed E-state index contributed by atoms with van der Waals surface area (Å²) in [5.74, 6) is 1.26. The molecule has 1 aromatic rings. The monoisotopic (exact) mass is 401 g/mol. The molecule has 4 aliphatic rings. The first-order valence-electron chi connectivity index (χ1n) is 9.95. The van der Waals surface area contributed by atoms with Crippen molar-refractivity contribution >= 4 is 23.5 Å². The molecular weight excluding hydrogens is 378 g/mol. The minimum Gasteiger partial charge on any atom is -0.452 e. The van der Waals surface area contributed by atoms with Gasteiger partial charge in [-0.2, -0.15) is 5.26 Å². The fourth-order valence-corrected chi connectivity index (χ4v) is 6.08. The summed E-state index contributed by atoms with van der Waals surface area (Å²) < 4.78 is 5.26. The van der Waals surface area contributed by atoms with E-state index in [0.717, 1.165) is 19.3 Å². The lowest BCUT2D eigenvalue weighted by molar-refractivity contribution is -0.153. The number of nitriles is 1. The zero-order valence-corrected chi connectivity index (χ0v) is 16.5. The van der Waals surface area contributed by atoms with E-state index < -0.39 is 5.97 Å². The van der Waals surface area contributed by atoms with Crippen molar-refractivity contribution in [3.8, 4) is 6.07 Å². The largest absolute Gasteiger partial charge is 0.452 e. The maximum absolute atomic E-state index is 13.1. The van der Waals surface area contributed by atoms with Gasteiger partial charge in [-0.1, -0.05) is 11.6 Å². The van der Waals surface area contributed by atoms with Crippen LogP contribution in [-0.4, -0.2) is 40.5 Å². The number of halogens is 1. The molecule has 0 spiro atoms. The molecule has 0 unspecified atom stereocenters. The zero-order chi connectivity index (χ0) is 19.7. The van der Waals surface area contributed by atoms with Crippen LogP contribution in [0, 0.1) is 29.1 Å². The quantitative estimate of drug-likeness (QED) is 0.537. The second kappa shape index (κ2) is 7.71. The highest BCUT2D eigenvalue weighted by atomic mass is 35.5. The Labute approximate surface area is 169 Å². The molecule has 1 amide bonds. The van der Waals surface area contributed by atoms with Gasteiger partial charge in [0.1, 0.15) is 5.15 Å². The molecule has 1 aromatic heterocycles. The van der Waals surface area contributed by atoms with Crippen LogP contribution in [0.3, 0.4) is 0 Å². The standard InChI is InChI=1S/C21H24ClN3O3/c22-18-3-2-17(12-24-18)20(27)28-13-19(26)25(5-1-4-23)21-9-14-6-15(10-21)8-16(7-14)11-21/h2-3,12,14-16H,1,5-11,13H2. The number of carbonyl (C=O) groups is 2. The normalized spacial score (nSPS) is 29.9. The van der Waals surface area contributed by atoms with Crippen molar-refractivity contribution in [2.45, 2.75) is 50.5 Å². The highest BCUT2D eigenvalue weighted by Crippen LogP contribution is 2.57. The van der Waals surface area contributed by atoms with E-state index in [-0.39, 0.29) is 28.8 Å². The van der Waals surface area contributed by atoms with E-state index in [2.05, 4.69) is 11.1 Å². The van der Waals surface area contributed by atoms with Gasteiger partial charge in [0, 0.05) is 18.3 Å². The summed E-state index contributed by atoms with van der Waals surface area (Å²) in [4.78, 5) is 31.0. The number of rotatable bonds is 6. The molecule has 28 heavy (non-hydrogen) atoms. The number of carbonyl (C=O) groups excluding carboxylic acids is 2. The van der Waals surface area contributed by atoms with Crippen molar-refractivity contribution in [3.63, 3.8) is 0 Å². The van der Waals surface area contributed by atoms with Gasteiger partial charge >= 0.3 is 5.97 Å². The van der Waals surface area contributed by atoms with Crippen LogP contribution in [0.5, 0.6) is 0 Å². The SMILES string of the molecule is N#CCCN(C(=O)COC(=O)c1ccc(Cl)nc1)C12CC3CC(CC(C3)C1)C2. The van der Waals surface area contributed by atoms with Crippen LogP contribution in [-0.2, 0) is 9.53 Å². The third kappa shape index (κ3) is 3.73. The summed E-state index contributed by atoms with van der Waals surface area (Å²) in [6, 6.07) is 5.19. The highest BCUT2D eigenvalue weighted by Gasteiger charge is 2.54. The number of nitrogens with zero attached hydrogens (tertiary/aromatic N) is 3. The molecule has 4 aliphatic carbocycles. The number of pyridine rings is 1. The topological polar surface area (TPSA) is 83.3 Å². The van der Waals surface area contributed by atoms with Crippen molar-refractivity contribution in [3.05, 3.63) is 29.0 Å². The molecule has 0 saturated heterocycles. The number of hydrogen-bond donors (Lipinski definition) is 0. The average molecular weight is 402 g/mol. The van der Waals surface area contributed by atoms with Crippen LogP contribution in [0.25, 0.3) is 0 Å². The summed E-state index contributed by atoms with van der Waals surface area (Å²) in [5.41, 5.74) is 0.104. The molecule has 1 heterocycles. The van der Waals surface area contributed by atoms with Crippen LogP contribution in [0.2, 0.25) is 5.15 Å². The van der Waals surface area contributed by atoms with Gasteiger partial charge in [0.2, 0.25) is 0 Å². The number of esters is 1. The highest BCUT2D eigenvalue weighted by molar-refractivity contribution is 6.29. The van der Waals surface area contributed by atoms with E-state index >= 15 is 0 Å². The molecule has 6 nitrogen and oxygen atoms in total. The van der Waals surface area contributed by atoms with Crippen molar-refractivity contribution in [1.82, 2.24) is 9.88 Å². The van der Waals surface area contributed by atoms with E-state index in [0.29, 0.717) is 30.7 Å². The first-order valence-corrected chi connectivity index (χ1v) is 10.3. The number of aromatic nitrogens is 1. The Morgan fingerprint density at radius 2 is 1.86 bits per heavy atom. The first-order chi connectivity index (χ1) is 13.5. The lowest BCUT2D eigenvalue weighted by Gasteiger charge is -2.60. The lowest BCUT2D eigenvalue weighted by Crippen LogP contribution is -2.62. The van der Waals surface area contributed by atoms with Gasteiger partial charge in [-0.25, -0.2) is 9.78 Å². The van der Waals surface area contributed by atoms with E-state index in [1.54, 1.807) is 0 Å². The molecule has 0 radical (unpaired) electrons. The van der Waals surface area contributed by atoms with Crippen molar-refractivity contribution in [2.24, 2.45) is 17.8 Å². The molecular formula is C21H24ClN3O3. The molecule has 4 bridgehead atoms. The first kappa shape index (κ1) is 19.2. The van der Waals surface area contributed by atoms with Crippen molar-refractivity contribution in [2.75, 3.05) is 13.2 Å². The van der Waals surface area contributed by atoms with Gasteiger partial charge in [0.05, 0.1) is 18.1 Å². The molecule has 0 N–H and O–H groups in total. The van der Waals surface area contributed by atoms with E-state index in [1.807, 2.05) is 4.90 Å². The Morgan fingerprint density at radius 1 is 1.21 bits per heavy atom. The zero-order valence-electron chi connectivity index (χ0n) is 15.8. The third-order valence-electron chi connectivity index (χ3n) is 6.62. The van der Waals surface area contributed by atoms with Gasteiger partial charge in [0.15, 0.2) is 6.61 Å². The molecule has 7 heteroatoms. The number of hydrogen-bond acceptors (Lipinski definition) is 5. The molecule has 4 fully saturated rings. The molecule has 148 valence electrons. The second-order valence-electron chi connectivity index (χ2n) is 8.54. The molecule has 4 saturated carbocycles. The molecule has 0 aromatic carbocycles. The Hall–Kier alpha value is -2.13. The summed E-state index contributed by atoms with van der Waals surface area (Å²) in [6.45, 7) is 0.0934. The minimum absolute atomic E-state index is 0.156. The average Bonchev–Trinajstić information content (AvgIpc) is 2.65. The predicted molar refractivity (Wildman–Crippen MR) is 102 cm³/mol. The van der Waals surface area contributed by atoms with Crippen LogP contribution in [0.15, 0.2) is 18.3 Å². The predicted octanol–water partition coefficient (Wildman–Crippen LogP) is 3.60. The van der Waals surface area contributed by atoms with Crippen molar-refractivity contribution < 1.29 is 14.3 Å². The fraction of sp³-hybridized carbons (Fsp3) is 0.619. The van der Waals surface area contributed by atoms with Gasteiger partial charge in [-0.05, 0) is 68.4 Å². The van der Waals surface area contributed by atoms with Crippen LogP contribution >= 0.6 is 11.6 Å². The Bertz CT molecular complexity index is 767. The molecule has 5 rings (SSSR count). The van der Waals surface area contributed by atoms with Crippen molar-refractivity contribution in [1.29, 1.82) is 5.26 Å². The van der Waals surface area contributed by atoms with Crippen LogP contribution < -0.4 is 0 Å². The minimum atomic E-state index is -0.594.